The third-order valence-corrected chi connectivity index (χ3v) is 2.79. The van der Waals surface area contributed by atoms with Gasteiger partial charge in [0.1, 0.15) is 5.75 Å². The molecule has 0 saturated heterocycles. The van der Waals surface area contributed by atoms with Crippen LogP contribution in [-0.2, 0) is 0 Å². The van der Waals surface area contributed by atoms with Gasteiger partial charge in [-0.25, -0.2) is 0 Å². The standard InChI is InChI=1S/C11H16ClNO2/c1-6-4-8(11(14)7(2)13)5-9(15-3)10(6)12/h4-5,7,11,14H,13H2,1-3H3. The topological polar surface area (TPSA) is 55.5 Å². The molecule has 0 amide bonds. The molecule has 2 atom stereocenters. The molecule has 0 heterocycles. The van der Waals surface area contributed by atoms with Crippen LogP contribution in [0.1, 0.15) is 24.2 Å². The predicted molar refractivity (Wildman–Crippen MR) is 61.4 cm³/mol. The lowest BCUT2D eigenvalue weighted by molar-refractivity contribution is 0.153. The van der Waals surface area contributed by atoms with E-state index in [-0.39, 0.29) is 6.04 Å². The first-order valence-corrected chi connectivity index (χ1v) is 5.12. The normalized spacial score (nSPS) is 14.8. The van der Waals surface area contributed by atoms with Crippen LogP contribution in [-0.4, -0.2) is 18.3 Å². The van der Waals surface area contributed by atoms with Gasteiger partial charge in [0.15, 0.2) is 0 Å². The van der Waals surface area contributed by atoms with Crippen molar-refractivity contribution in [3.63, 3.8) is 0 Å². The Bertz CT molecular complexity index is 353. The van der Waals surface area contributed by atoms with E-state index in [4.69, 9.17) is 22.1 Å². The molecule has 15 heavy (non-hydrogen) atoms. The second kappa shape index (κ2) is 4.84. The van der Waals surface area contributed by atoms with E-state index in [2.05, 4.69) is 0 Å². The number of rotatable bonds is 3. The first-order chi connectivity index (χ1) is 6.97. The smallest absolute Gasteiger partial charge is 0.138 e. The first kappa shape index (κ1) is 12.3. The number of aliphatic hydroxyl groups excluding tert-OH is 1. The van der Waals surface area contributed by atoms with E-state index in [9.17, 15) is 5.11 Å². The van der Waals surface area contributed by atoms with Crippen molar-refractivity contribution in [2.45, 2.75) is 26.0 Å². The van der Waals surface area contributed by atoms with E-state index in [1.165, 1.54) is 0 Å². The molecule has 1 aromatic carbocycles. The van der Waals surface area contributed by atoms with Crippen molar-refractivity contribution in [3.8, 4) is 5.75 Å². The van der Waals surface area contributed by atoms with Crippen molar-refractivity contribution < 1.29 is 9.84 Å². The van der Waals surface area contributed by atoms with Crippen molar-refractivity contribution in [3.05, 3.63) is 28.3 Å². The molecule has 0 fully saturated rings. The average molecular weight is 230 g/mol. The largest absolute Gasteiger partial charge is 0.495 e. The molecule has 0 aliphatic rings. The Labute approximate surface area is 94.8 Å². The fraction of sp³-hybridized carbons (Fsp3) is 0.455. The monoisotopic (exact) mass is 229 g/mol. The van der Waals surface area contributed by atoms with E-state index >= 15 is 0 Å². The summed E-state index contributed by atoms with van der Waals surface area (Å²) in [6, 6.07) is 3.21. The molecule has 1 aromatic rings. The van der Waals surface area contributed by atoms with Gasteiger partial charge >= 0.3 is 0 Å². The summed E-state index contributed by atoms with van der Waals surface area (Å²) in [4.78, 5) is 0. The van der Waals surface area contributed by atoms with Gasteiger partial charge in [-0.1, -0.05) is 17.7 Å². The van der Waals surface area contributed by atoms with Crippen molar-refractivity contribution in [2.24, 2.45) is 5.73 Å². The van der Waals surface area contributed by atoms with Gasteiger partial charge in [-0.15, -0.1) is 0 Å². The summed E-state index contributed by atoms with van der Waals surface area (Å²) in [5.41, 5.74) is 7.22. The lowest BCUT2D eigenvalue weighted by atomic mass is 10.0. The number of aliphatic hydroxyl groups is 1. The van der Waals surface area contributed by atoms with Gasteiger partial charge in [0.25, 0.3) is 0 Å². The van der Waals surface area contributed by atoms with Crippen LogP contribution in [0.4, 0.5) is 0 Å². The lowest BCUT2D eigenvalue weighted by Crippen LogP contribution is -2.24. The van der Waals surface area contributed by atoms with E-state index in [0.29, 0.717) is 10.8 Å². The number of hydrogen-bond donors (Lipinski definition) is 2. The maximum absolute atomic E-state index is 9.81. The minimum atomic E-state index is -0.699. The molecule has 84 valence electrons. The van der Waals surface area contributed by atoms with Crippen LogP contribution >= 0.6 is 11.6 Å². The number of benzene rings is 1. The number of hydrogen-bond acceptors (Lipinski definition) is 3. The molecule has 0 aliphatic carbocycles. The summed E-state index contributed by atoms with van der Waals surface area (Å²) in [5.74, 6) is 0.561. The number of halogens is 1. The predicted octanol–water partition coefficient (Wildman–Crippen LogP) is 2.04. The van der Waals surface area contributed by atoms with Crippen LogP contribution in [0.3, 0.4) is 0 Å². The fourth-order valence-electron chi connectivity index (χ4n) is 1.39. The molecule has 0 radical (unpaired) electrons. The van der Waals surface area contributed by atoms with Gasteiger partial charge in [0.05, 0.1) is 18.2 Å². The van der Waals surface area contributed by atoms with Gasteiger partial charge in [-0.3, -0.25) is 0 Å². The molecule has 3 nitrogen and oxygen atoms in total. The van der Waals surface area contributed by atoms with E-state index in [0.717, 1.165) is 11.1 Å². The Balaban J connectivity index is 3.16. The summed E-state index contributed by atoms with van der Waals surface area (Å²) >= 11 is 6.01. The van der Waals surface area contributed by atoms with Gasteiger partial charge in [0.2, 0.25) is 0 Å². The third kappa shape index (κ3) is 2.62. The highest BCUT2D eigenvalue weighted by atomic mass is 35.5. The molecular weight excluding hydrogens is 214 g/mol. The lowest BCUT2D eigenvalue weighted by Gasteiger charge is -2.17. The maximum atomic E-state index is 9.81. The highest BCUT2D eigenvalue weighted by molar-refractivity contribution is 6.32. The average Bonchev–Trinajstić information content (AvgIpc) is 2.20. The Morgan fingerprint density at radius 3 is 2.53 bits per heavy atom. The van der Waals surface area contributed by atoms with E-state index in [1.807, 2.05) is 13.0 Å². The van der Waals surface area contributed by atoms with Gasteiger partial charge in [-0.2, -0.15) is 0 Å². The molecule has 2 unspecified atom stereocenters. The Kier molecular flexibility index (Phi) is 3.97. The number of aryl methyl sites for hydroxylation is 1. The highest BCUT2D eigenvalue weighted by Gasteiger charge is 2.15. The van der Waals surface area contributed by atoms with E-state index in [1.54, 1.807) is 20.1 Å². The zero-order valence-electron chi connectivity index (χ0n) is 9.12. The van der Waals surface area contributed by atoms with Gasteiger partial charge in [0, 0.05) is 6.04 Å². The third-order valence-electron chi connectivity index (χ3n) is 2.30. The summed E-state index contributed by atoms with van der Waals surface area (Å²) in [5, 5.41) is 10.4. The Hall–Kier alpha value is -0.770. The van der Waals surface area contributed by atoms with Crippen molar-refractivity contribution in [1.29, 1.82) is 0 Å². The zero-order chi connectivity index (χ0) is 11.6. The number of ether oxygens (including phenoxy) is 1. The molecule has 0 aliphatic heterocycles. The van der Waals surface area contributed by atoms with Crippen LogP contribution < -0.4 is 10.5 Å². The molecule has 0 saturated carbocycles. The molecule has 3 N–H and O–H groups in total. The Morgan fingerprint density at radius 2 is 2.07 bits per heavy atom. The molecule has 4 heteroatoms. The summed E-state index contributed by atoms with van der Waals surface area (Å²) in [6.45, 7) is 3.61. The minimum Gasteiger partial charge on any atom is -0.495 e. The first-order valence-electron chi connectivity index (χ1n) is 4.75. The van der Waals surface area contributed by atoms with Crippen molar-refractivity contribution in [2.75, 3.05) is 7.11 Å². The van der Waals surface area contributed by atoms with E-state index < -0.39 is 6.10 Å². The van der Waals surface area contributed by atoms with Crippen LogP contribution in [0.2, 0.25) is 5.02 Å². The number of methoxy groups -OCH3 is 1. The van der Waals surface area contributed by atoms with Crippen LogP contribution in [0, 0.1) is 6.92 Å². The van der Waals surface area contributed by atoms with Crippen molar-refractivity contribution >= 4 is 11.6 Å². The van der Waals surface area contributed by atoms with Crippen LogP contribution in [0.25, 0.3) is 0 Å². The minimum absolute atomic E-state index is 0.324. The van der Waals surface area contributed by atoms with Gasteiger partial charge < -0.3 is 15.6 Å². The second-order valence-electron chi connectivity index (χ2n) is 3.66. The van der Waals surface area contributed by atoms with Crippen LogP contribution in [0.15, 0.2) is 12.1 Å². The molecule has 0 aromatic heterocycles. The fourth-order valence-corrected chi connectivity index (χ4v) is 1.57. The number of nitrogens with two attached hydrogens (primary N) is 1. The Morgan fingerprint density at radius 1 is 1.47 bits per heavy atom. The molecular formula is C11H16ClNO2. The highest BCUT2D eigenvalue weighted by Crippen LogP contribution is 2.31. The van der Waals surface area contributed by atoms with Gasteiger partial charge in [-0.05, 0) is 31.0 Å². The van der Waals surface area contributed by atoms with Crippen molar-refractivity contribution in [1.82, 2.24) is 0 Å². The molecule has 0 bridgehead atoms. The maximum Gasteiger partial charge on any atom is 0.138 e. The second-order valence-corrected chi connectivity index (χ2v) is 4.04. The quantitative estimate of drug-likeness (QED) is 0.834. The summed E-state index contributed by atoms with van der Waals surface area (Å²) in [6.07, 6.45) is -0.699. The molecule has 0 spiro atoms. The molecule has 1 rings (SSSR count). The summed E-state index contributed by atoms with van der Waals surface area (Å²) < 4.78 is 5.11. The summed E-state index contributed by atoms with van der Waals surface area (Å²) in [7, 11) is 1.54. The SMILES string of the molecule is COc1cc(C(O)C(C)N)cc(C)c1Cl. The van der Waals surface area contributed by atoms with Crippen LogP contribution in [0.5, 0.6) is 5.75 Å². The zero-order valence-corrected chi connectivity index (χ0v) is 9.88.